The highest BCUT2D eigenvalue weighted by Gasteiger charge is 2.49. The summed E-state index contributed by atoms with van der Waals surface area (Å²) in [7, 11) is 1.60. The lowest BCUT2D eigenvalue weighted by Gasteiger charge is -2.51. The highest BCUT2D eigenvalue weighted by molar-refractivity contribution is 5.90. The Balaban J connectivity index is 0.000000934. The number of rotatable bonds is 13. The Morgan fingerprint density at radius 3 is 2.33 bits per heavy atom. The van der Waals surface area contributed by atoms with Crippen molar-refractivity contribution in [3.05, 3.63) is 83.4 Å². The number of benzene rings is 2. The summed E-state index contributed by atoms with van der Waals surface area (Å²) in [5.41, 5.74) is 14.2. The fourth-order valence-electron chi connectivity index (χ4n) is 4.87. The second kappa shape index (κ2) is 15.9. The van der Waals surface area contributed by atoms with Crippen LogP contribution in [-0.4, -0.2) is 71.5 Å². The SMILES string of the molecule is CCC(N)=O.CCCOC1(c2ccccc2C)CN(C(=O)C(Cc2ccc(OC)cc2)NC(=O)[C@@H](N)Cc2cnc[nH]2)C1. The van der Waals surface area contributed by atoms with Crippen molar-refractivity contribution < 1.29 is 23.9 Å². The zero-order valence-electron chi connectivity index (χ0n) is 25.5. The van der Waals surface area contributed by atoms with Crippen molar-refractivity contribution in [1.29, 1.82) is 0 Å². The Bertz CT molecular complexity index is 1320. The minimum atomic E-state index is -0.822. The molecule has 4 rings (SSSR count). The van der Waals surface area contributed by atoms with Gasteiger partial charge in [-0.3, -0.25) is 14.4 Å². The van der Waals surface area contributed by atoms with Gasteiger partial charge >= 0.3 is 0 Å². The van der Waals surface area contributed by atoms with Crippen molar-refractivity contribution in [3.8, 4) is 5.75 Å². The van der Waals surface area contributed by atoms with Gasteiger partial charge in [0.2, 0.25) is 17.7 Å². The fourth-order valence-corrected chi connectivity index (χ4v) is 4.87. The zero-order chi connectivity index (χ0) is 31.4. The molecule has 43 heavy (non-hydrogen) atoms. The van der Waals surface area contributed by atoms with E-state index in [1.807, 2.05) is 36.4 Å². The molecule has 1 fully saturated rings. The van der Waals surface area contributed by atoms with Gasteiger partial charge in [0.1, 0.15) is 17.4 Å². The van der Waals surface area contributed by atoms with Gasteiger partial charge in [-0.1, -0.05) is 50.2 Å². The highest BCUT2D eigenvalue weighted by Crippen LogP contribution is 2.38. The number of nitrogens with one attached hydrogen (secondary N) is 2. The summed E-state index contributed by atoms with van der Waals surface area (Å²) in [6.45, 7) is 7.30. The van der Waals surface area contributed by atoms with Crippen molar-refractivity contribution in [3.63, 3.8) is 0 Å². The molecule has 1 saturated heterocycles. The number of aryl methyl sites for hydroxylation is 1. The summed E-state index contributed by atoms with van der Waals surface area (Å²) in [4.78, 5) is 45.1. The monoisotopic (exact) mass is 592 g/mol. The van der Waals surface area contributed by atoms with Crippen LogP contribution in [0.4, 0.5) is 0 Å². The zero-order valence-corrected chi connectivity index (χ0v) is 25.5. The molecule has 0 aliphatic carbocycles. The van der Waals surface area contributed by atoms with Crippen molar-refractivity contribution >= 4 is 17.7 Å². The number of primary amides is 1. The van der Waals surface area contributed by atoms with E-state index in [4.69, 9.17) is 15.2 Å². The average molecular weight is 593 g/mol. The van der Waals surface area contributed by atoms with Gasteiger partial charge in [0.15, 0.2) is 0 Å². The van der Waals surface area contributed by atoms with Crippen LogP contribution in [0.5, 0.6) is 5.75 Å². The standard InChI is InChI=1S/C29H37N5O4.C3H7NO/c1-4-13-38-29(24-8-6-5-7-20(24)2)17-34(18-29)28(36)26(14-21-9-11-23(37-3)12-10-21)33-27(35)25(30)15-22-16-31-19-32-22;1-2-3(4)5/h5-12,16,19,25-26H,4,13-15,17-18,30H2,1-3H3,(H,31,32)(H,33,35);2H2,1H3,(H2,4,5)/t25-,26?;/m0./s1. The molecule has 0 saturated carbocycles. The van der Waals surface area contributed by atoms with Crippen LogP contribution in [0.25, 0.3) is 0 Å². The number of nitrogens with zero attached hydrogens (tertiary/aromatic N) is 2. The molecule has 0 bridgehead atoms. The number of likely N-dealkylation sites (tertiary alicyclic amines) is 1. The number of ether oxygens (including phenoxy) is 2. The second-order valence-electron chi connectivity index (χ2n) is 10.7. The minimum absolute atomic E-state index is 0.160. The highest BCUT2D eigenvalue weighted by atomic mass is 16.5. The molecule has 3 aromatic rings. The number of imidazole rings is 1. The molecule has 1 aliphatic rings. The molecule has 1 unspecified atom stereocenters. The Labute approximate surface area is 253 Å². The molecule has 6 N–H and O–H groups in total. The van der Waals surface area contributed by atoms with Gasteiger partial charge in [-0.2, -0.15) is 0 Å². The first kappa shape index (κ1) is 33.3. The Morgan fingerprint density at radius 2 is 1.77 bits per heavy atom. The van der Waals surface area contributed by atoms with E-state index in [2.05, 4.69) is 47.0 Å². The lowest BCUT2D eigenvalue weighted by atomic mass is 9.82. The summed E-state index contributed by atoms with van der Waals surface area (Å²) in [6.07, 6.45) is 5.12. The first-order valence-electron chi connectivity index (χ1n) is 14.6. The van der Waals surface area contributed by atoms with Gasteiger partial charge < -0.3 is 36.1 Å². The van der Waals surface area contributed by atoms with Gasteiger partial charge in [-0.05, 0) is 42.2 Å². The first-order chi connectivity index (χ1) is 20.6. The Hall–Kier alpha value is -4.22. The van der Waals surface area contributed by atoms with Crippen molar-refractivity contribution in [2.75, 3.05) is 26.8 Å². The molecule has 3 amide bonds. The number of hydrogen-bond acceptors (Lipinski definition) is 7. The van der Waals surface area contributed by atoms with Crippen LogP contribution in [-0.2, 0) is 37.6 Å². The summed E-state index contributed by atoms with van der Waals surface area (Å²) in [5, 5.41) is 2.92. The number of amides is 3. The molecular weight excluding hydrogens is 548 g/mol. The molecule has 11 nitrogen and oxygen atoms in total. The van der Waals surface area contributed by atoms with Gasteiger partial charge in [0.05, 0.1) is 32.6 Å². The number of carbonyl (C=O) groups is 3. The number of carbonyl (C=O) groups excluding carboxylic acids is 3. The largest absolute Gasteiger partial charge is 0.497 e. The number of hydrogen-bond donors (Lipinski definition) is 4. The van der Waals surface area contributed by atoms with Crippen molar-refractivity contribution in [1.82, 2.24) is 20.2 Å². The Kier molecular flexibility index (Phi) is 12.3. The van der Waals surface area contributed by atoms with E-state index in [1.165, 1.54) is 0 Å². The van der Waals surface area contributed by atoms with E-state index in [9.17, 15) is 14.4 Å². The molecule has 232 valence electrons. The summed E-state index contributed by atoms with van der Waals surface area (Å²) in [6, 6.07) is 14.0. The Morgan fingerprint density at radius 1 is 1.09 bits per heavy atom. The van der Waals surface area contributed by atoms with Crippen molar-refractivity contribution in [2.45, 2.75) is 64.1 Å². The van der Waals surface area contributed by atoms with Crippen LogP contribution < -0.4 is 21.5 Å². The number of aromatic amines is 1. The molecule has 2 atom stereocenters. The number of H-pyrrole nitrogens is 1. The lowest BCUT2D eigenvalue weighted by Crippen LogP contribution is -2.66. The van der Waals surface area contributed by atoms with E-state index < -0.39 is 17.7 Å². The lowest BCUT2D eigenvalue weighted by molar-refractivity contribution is -0.175. The number of nitrogens with two attached hydrogens (primary N) is 2. The topological polar surface area (TPSA) is 166 Å². The second-order valence-corrected chi connectivity index (χ2v) is 10.7. The molecular formula is C32H44N6O5. The van der Waals surface area contributed by atoms with Crippen LogP contribution in [0.2, 0.25) is 0 Å². The number of methoxy groups -OCH3 is 1. The first-order valence-corrected chi connectivity index (χ1v) is 14.6. The molecule has 1 aliphatic heterocycles. The predicted molar refractivity (Wildman–Crippen MR) is 164 cm³/mol. The average Bonchev–Trinajstić information content (AvgIpc) is 3.50. The summed E-state index contributed by atoms with van der Waals surface area (Å²) >= 11 is 0. The maximum absolute atomic E-state index is 13.8. The van der Waals surface area contributed by atoms with Crippen LogP contribution >= 0.6 is 0 Å². The quantitative estimate of drug-likeness (QED) is 0.236. The maximum atomic E-state index is 13.8. The van der Waals surface area contributed by atoms with E-state index in [1.54, 1.807) is 31.5 Å². The maximum Gasteiger partial charge on any atom is 0.245 e. The van der Waals surface area contributed by atoms with E-state index in [0.29, 0.717) is 39.0 Å². The normalized spacial score (nSPS) is 14.9. The van der Waals surface area contributed by atoms with E-state index in [-0.39, 0.29) is 17.7 Å². The van der Waals surface area contributed by atoms with Crippen LogP contribution in [0.15, 0.2) is 61.1 Å². The fraction of sp³-hybridized carbons (Fsp3) is 0.438. The minimum Gasteiger partial charge on any atom is -0.497 e. The van der Waals surface area contributed by atoms with E-state index in [0.717, 1.165) is 34.6 Å². The summed E-state index contributed by atoms with van der Waals surface area (Å²) < 4.78 is 11.6. The van der Waals surface area contributed by atoms with Crippen LogP contribution in [0.3, 0.4) is 0 Å². The van der Waals surface area contributed by atoms with Gasteiger partial charge in [-0.25, -0.2) is 4.98 Å². The smallest absolute Gasteiger partial charge is 0.245 e. The predicted octanol–water partition coefficient (Wildman–Crippen LogP) is 2.37. The molecule has 2 heterocycles. The number of aromatic nitrogens is 2. The third-order valence-electron chi connectivity index (χ3n) is 7.32. The van der Waals surface area contributed by atoms with Gasteiger partial charge in [-0.15, -0.1) is 0 Å². The molecule has 0 spiro atoms. The third kappa shape index (κ3) is 9.13. The molecule has 1 aromatic heterocycles. The molecule has 2 aromatic carbocycles. The third-order valence-corrected chi connectivity index (χ3v) is 7.32. The molecule has 11 heteroatoms. The summed E-state index contributed by atoms with van der Waals surface area (Å²) in [5.74, 6) is -0.0716. The van der Waals surface area contributed by atoms with Gasteiger partial charge in [0.25, 0.3) is 0 Å². The molecule has 0 radical (unpaired) electrons. The van der Waals surface area contributed by atoms with Crippen molar-refractivity contribution in [2.24, 2.45) is 11.5 Å². The van der Waals surface area contributed by atoms with E-state index >= 15 is 0 Å². The van der Waals surface area contributed by atoms with Crippen LogP contribution in [0, 0.1) is 6.92 Å². The van der Waals surface area contributed by atoms with Gasteiger partial charge in [0, 0.05) is 37.8 Å². The van der Waals surface area contributed by atoms with Crippen LogP contribution in [0.1, 0.15) is 49.1 Å².